The van der Waals surface area contributed by atoms with Gasteiger partial charge in [-0.3, -0.25) is 9.69 Å². The molecule has 2 saturated heterocycles. The van der Waals surface area contributed by atoms with Gasteiger partial charge in [0.1, 0.15) is 12.3 Å². The first-order valence-corrected chi connectivity index (χ1v) is 14.2. The number of carbonyl (C=O) groups is 2. The second kappa shape index (κ2) is 14.4. The molecule has 1 aromatic heterocycles. The largest absolute Gasteiger partial charge is 0.467 e. The molecule has 0 aliphatic carbocycles. The zero-order valence-electron chi connectivity index (χ0n) is 21.6. The zero-order valence-corrected chi connectivity index (χ0v) is 22.4. The maximum absolute atomic E-state index is 13.6. The Labute approximate surface area is 223 Å². The molecule has 9 nitrogen and oxygen atoms in total. The molecule has 1 aromatic carbocycles. The van der Waals surface area contributed by atoms with Gasteiger partial charge >= 0.3 is 6.03 Å². The number of furan rings is 1. The molecule has 2 fully saturated rings. The van der Waals surface area contributed by atoms with Gasteiger partial charge in [-0.05, 0) is 61.9 Å². The van der Waals surface area contributed by atoms with Crippen LogP contribution < -0.4 is 5.32 Å². The van der Waals surface area contributed by atoms with Crippen LogP contribution in [0.1, 0.15) is 25.0 Å². The number of amides is 3. The minimum absolute atomic E-state index is 0.00866. The highest BCUT2D eigenvalue weighted by Crippen LogP contribution is 2.19. The minimum Gasteiger partial charge on any atom is -0.467 e. The number of carbonyl (C=O) groups excluding carboxylic acids is 2. The summed E-state index contributed by atoms with van der Waals surface area (Å²) < 4.78 is 16.8. The average Bonchev–Trinajstić information content (AvgIpc) is 3.63. The standard InChI is InChI=1S/C27H38N4O5S/c1-37-25-9-7-22(8-10-25)28-27(33)30(12-4-11-29-13-17-34-18-14-29)21-26(32)31(19-23-5-2-15-35-23)20-24-6-3-16-36-24/h2,5,7-10,15,24H,3-4,6,11-14,16-21H2,1H3,(H,28,33). The van der Waals surface area contributed by atoms with Crippen molar-refractivity contribution in [2.75, 3.05) is 70.7 Å². The molecule has 2 aliphatic rings. The second-order valence-corrected chi connectivity index (χ2v) is 10.3. The molecule has 1 unspecified atom stereocenters. The monoisotopic (exact) mass is 530 g/mol. The summed E-state index contributed by atoms with van der Waals surface area (Å²) in [5, 5.41) is 2.97. The van der Waals surface area contributed by atoms with Crippen LogP contribution in [-0.4, -0.2) is 98.1 Å². The molecule has 1 atom stereocenters. The van der Waals surface area contributed by atoms with Crippen LogP contribution in [0.3, 0.4) is 0 Å². The van der Waals surface area contributed by atoms with Crippen molar-refractivity contribution in [1.29, 1.82) is 0 Å². The first-order valence-electron chi connectivity index (χ1n) is 13.0. The molecule has 0 bridgehead atoms. The minimum atomic E-state index is -0.276. The topological polar surface area (TPSA) is 87.5 Å². The Morgan fingerprint density at radius 3 is 2.59 bits per heavy atom. The number of morpholine rings is 1. The smallest absolute Gasteiger partial charge is 0.322 e. The number of urea groups is 1. The van der Waals surface area contributed by atoms with Gasteiger partial charge in [0.15, 0.2) is 0 Å². The van der Waals surface area contributed by atoms with E-state index >= 15 is 0 Å². The first-order chi connectivity index (χ1) is 18.1. The van der Waals surface area contributed by atoms with Crippen LogP contribution in [0, 0.1) is 0 Å². The average molecular weight is 531 g/mol. The van der Waals surface area contributed by atoms with Gasteiger partial charge in [-0.1, -0.05) is 0 Å². The van der Waals surface area contributed by atoms with Gasteiger partial charge in [-0.15, -0.1) is 11.8 Å². The Morgan fingerprint density at radius 1 is 1.11 bits per heavy atom. The van der Waals surface area contributed by atoms with Crippen LogP contribution in [0.25, 0.3) is 0 Å². The lowest BCUT2D eigenvalue weighted by Crippen LogP contribution is -2.47. The Morgan fingerprint density at radius 2 is 1.92 bits per heavy atom. The fourth-order valence-corrected chi connectivity index (χ4v) is 4.99. The summed E-state index contributed by atoms with van der Waals surface area (Å²) in [6.07, 6.45) is 6.34. The van der Waals surface area contributed by atoms with Gasteiger partial charge in [-0.25, -0.2) is 4.79 Å². The number of hydrogen-bond donors (Lipinski definition) is 1. The van der Waals surface area contributed by atoms with E-state index in [0.717, 1.165) is 63.6 Å². The van der Waals surface area contributed by atoms with Crippen molar-refractivity contribution in [1.82, 2.24) is 14.7 Å². The van der Waals surface area contributed by atoms with E-state index in [1.165, 1.54) is 0 Å². The summed E-state index contributed by atoms with van der Waals surface area (Å²) in [5.41, 5.74) is 0.709. The highest BCUT2D eigenvalue weighted by atomic mass is 32.2. The fourth-order valence-electron chi connectivity index (χ4n) is 4.58. The fraction of sp³-hybridized carbons (Fsp3) is 0.556. The molecular formula is C27H38N4O5S. The van der Waals surface area contributed by atoms with Crippen LogP contribution >= 0.6 is 11.8 Å². The normalized spacial score (nSPS) is 18.0. The zero-order chi connectivity index (χ0) is 25.9. The number of rotatable bonds is 12. The number of thioether (sulfide) groups is 1. The molecule has 37 heavy (non-hydrogen) atoms. The predicted molar refractivity (Wildman–Crippen MR) is 144 cm³/mol. The molecule has 3 amide bonds. The van der Waals surface area contributed by atoms with Crippen molar-refractivity contribution >= 4 is 29.4 Å². The predicted octanol–water partition coefficient (Wildman–Crippen LogP) is 3.77. The number of nitrogens with zero attached hydrogens (tertiary/aromatic N) is 3. The summed E-state index contributed by atoms with van der Waals surface area (Å²) in [7, 11) is 0. The van der Waals surface area contributed by atoms with Crippen molar-refractivity contribution in [2.45, 2.75) is 36.8 Å². The molecule has 202 valence electrons. The van der Waals surface area contributed by atoms with Gasteiger partial charge in [0.25, 0.3) is 0 Å². The van der Waals surface area contributed by atoms with E-state index in [-0.39, 0.29) is 24.6 Å². The van der Waals surface area contributed by atoms with Gasteiger partial charge in [-0.2, -0.15) is 0 Å². The van der Waals surface area contributed by atoms with Crippen LogP contribution in [0.5, 0.6) is 0 Å². The molecule has 4 rings (SSSR count). The Bertz CT molecular complexity index is 960. The van der Waals surface area contributed by atoms with Crippen LogP contribution in [0.4, 0.5) is 10.5 Å². The van der Waals surface area contributed by atoms with E-state index in [1.54, 1.807) is 27.8 Å². The van der Waals surface area contributed by atoms with E-state index in [4.69, 9.17) is 13.9 Å². The molecule has 0 radical (unpaired) electrons. The molecule has 1 N–H and O–H groups in total. The lowest BCUT2D eigenvalue weighted by Gasteiger charge is -2.30. The van der Waals surface area contributed by atoms with E-state index in [0.29, 0.717) is 31.1 Å². The maximum Gasteiger partial charge on any atom is 0.322 e. The van der Waals surface area contributed by atoms with Crippen molar-refractivity contribution in [3.63, 3.8) is 0 Å². The molecule has 0 saturated carbocycles. The lowest BCUT2D eigenvalue weighted by molar-refractivity contribution is -0.134. The quantitative estimate of drug-likeness (QED) is 0.418. The molecule has 2 aromatic rings. The molecule has 2 aliphatic heterocycles. The van der Waals surface area contributed by atoms with Crippen molar-refractivity contribution in [3.05, 3.63) is 48.4 Å². The molecule has 10 heteroatoms. The summed E-state index contributed by atoms with van der Waals surface area (Å²) in [4.78, 5) is 33.7. The van der Waals surface area contributed by atoms with E-state index < -0.39 is 0 Å². The number of ether oxygens (including phenoxy) is 2. The molecular weight excluding hydrogens is 492 g/mol. The molecule has 0 spiro atoms. The molecule has 3 heterocycles. The van der Waals surface area contributed by atoms with E-state index in [1.807, 2.05) is 42.7 Å². The summed E-state index contributed by atoms with van der Waals surface area (Å²) in [5.74, 6) is 0.592. The summed E-state index contributed by atoms with van der Waals surface area (Å²) >= 11 is 1.65. The van der Waals surface area contributed by atoms with Crippen LogP contribution in [0.2, 0.25) is 0 Å². The van der Waals surface area contributed by atoms with E-state index in [2.05, 4.69) is 10.2 Å². The van der Waals surface area contributed by atoms with Gasteiger partial charge in [0.2, 0.25) is 5.91 Å². The Kier molecular flexibility index (Phi) is 10.7. The van der Waals surface area contributed by atoms with Crippen LogP contribution in [-0.2, 0) is 20.8 Å². The lowest BCUT2D eigenvalue weighted by atomic mass is 10.2. The highest BCUT2D eigenvalue weighted by molar-refractivity contribution is 7.98. The Hall–Kier alpha value is -2.53. The van der Waals surface area contributed by atoms with Crippen LogP contribution in [0.15, 0.2) is 52.0 Å². The van der Waals surface area contributed by atoms with Gasteiger partial charge in [0, 0.05) is 49.9 Å². The van der Waals surface area contributed by atoms with Gasteiger partial charge < -0.3 is 29.0 Å². The number of hydrogen-bond acceptors (Lipinski definition) is 7. The SMILES string of the molecule is CSc1ccc(NC(=O)N(CCCN2CCOCC2)CC(=O)N(Cc2ccco2)CC2CCCO2)cc1. The third-order valence-corrected chi connectivity index (χ3v) is 7.43. The maximum atomic E-state index is 13.6. The number of nitrogens with one attached hydrogen (secondary N) is 1. The Balaban J connectivity index is 1.41. The third-order valence-electron chi connectivity index (χ3n) is 6.69. The first kappa shape index (κ1) is 27.5. The van der Waals surface area contributed by atoms with Crippen molar-refractivity contribution in [3.8, 4) is 0 Å². The van der Waals surface area contributed by atoms with Gasteiger partial charge in [0.05, 0.1) is 32.1 Å². The van der Waals surface area contributed by atoms with Crippen molar-refractivity contribution < 1.29 is 23.5 Å². The van der Waals surface area contributed by atoms with Crippen molar-refractivity contribution in [2.24, 2.45) is 0 Å². The number of anilines is 1. The number of benzene rings is 1. The summed E-state index contributed by atoms with van der Waals surface area (Å²) in [6.45, 7) is 6.14. The third kappa shape index (κ3) is 8.77. The summed E-state index contributed by atoms with van der Waals surface area (Å²) in [6, 6.07) is 11.1. The second-order valence-electron chi connectivity index (χ2n) is 9.38. The van der Waals surface area contributed by atoms with E-state index in [9.17, 15) is 9.59 Å². The highest BCUT2D eigenvalue weighted by Gasteiger charge is 2.26.